The minimum absolute atomic E-state index is 0.284. The lowest BCUT2D eigenvalue weighted by Crippen LogP contribution is -2.47. The Kier molecular flexibility index (Phi) is 4.68. The number of rotatable bonds is 2. The fourth-order valence-electron chi connectivity index (χ4n) is 5.16. The van der Waals surface area contributed by atoms with Crippen LogP contribution in [0.15, 0.2) is 24.7 Å². The van der Waals surface area contributed by atoms with Crippen molar-refractivity contribution >= 4 is 34.8 Å². The van der Waals surface area contributed by atoms with Gasteiger partial charge in [0.15, 0.2) is 0 Å². The number of imidazole rings is 1. The number of hydrogen-bond acceptors (Lipinski definition) is 5. The second kappa shape index (κ2) is 7.11. The van der Waals surface area contributed by atoms with Gasteiger partial charge >= 0.3 is 0 Å². The first kappa shape index (κ1) is 19.1. The van der Waals surface area contributed by atoms with Crippen LogP contribution in [0.4, 0.5) is 5.95 Å². The van der Waals surface area contributed by atoms with Crippen molar-refractivity contribution in [2.45, 2.75) is 45.1 Å². The summed E-state index contributed by atoms with van der Waals surface area (Å²) in [7, 11) is 0. The number of pyridine rings is 1. The van der Waals surface area contributed by atoms with Gasteiger partial charge in [-0.2, -0.15) is 0 Å². The Morgan fingerprint density at radius 2 is 1.93 bits per heavy atom. The van der Waals surface area contributed by atoms with Crippen molar-refractivity contribution in [3.05, 3.63) is 40.5 Å². The molecule has 0 unspecified atom stereocenters. The molecule has 2 fully saturated rings. The van der Waals surface area contributed by atoms with E-state index in [1.807, 2.05) is 19.2 Å². The summed E-state index contributed by atoms with van der Waals surface area (Å²) in [5.41, 5.74) is 10.2. The standard InChI is InChI=1S/C21H24Cl2N6/c1-13-16(14-4-8-25-18(23)17(14)22)19-26-9-12-29(19)20(27-13)28-10-6-21(7-11-28)5-2-3-15(21)24/h4,8-9,12,15H,2-3,5-7,10-11,24H2,1H3/t15-/m1/s1. The van der Waals surface area contributed by atoms with Crippen LogP contribution in [0, 0.1) is 12.3 Å². The molecule has 2 aliphatic rings. The van der Waals surface area contributed by atoms with Gasteiger partial charge in [0.05, 0.1) is 10.7 Å². The zero-order chi connectivity index (χ0) is 20.2. The first-order valence-corrected chi connectivity index (χ1v) is 10.9. The van der Waals surface area contributed by atoms with E-state index in [0.717, 1.165) is 60.8 Å². The highest BCUT2D eigenvalue weighted by Crippen LogP contribution is 2.46. The Morgan fingerprint density at radius 3 is 2.66 bits per heavy atom. The molecule has 0 radical (unpaired) electrons. The lowest BCUT2D eigenvalue weighted by atomic mass is 9.74. The van der Waals surface area contributed by atoms with Crippen molar-refractivity contribution in [1.82, 2.24) is 19.4 Å². The molecule has 1 saturated heterocycles. The van der Waals surface area contributed by atoms with Gasteiger partial charge in [-0.15, -0.1) is 0 Å². The molecule has 6 nitrogen and oxygen atoms in total. The number of nitrogens with zero attached hydrogens (tertiary/aromatic N) is 5. The maximum Gasteiger partial charge on any atom is 0.211 e. The molecular formula is C21H24Cl2N6. The van der Waals surface area contributed by atoms with Gasteiger partial charge in [-0.3, -0.25) is 4.40 Å². The van der Waals surface area contributed by atoms with Gasteiger partial charge in [-0.25, -0.2) is 15.0 Å². The molecule has 4 heterocycles. The summed E-state index contributed by atoms with van der Waals surface area (Å²) in [4.78, 5) is 16.0. The SMILES string of the molecule is Cc1nc(N2CCC3(CCC[C@H]3N)CC2)n2ccnc2c1-c1ccnc(Cl)c1Cl. The first-order chi connectivity index (χ1) is 14.0. The molecule has 1 aliphatic carbocycles. The fourth-order valence-corrected chi connectivity index (χ4v) is 5.52. The molecule has 5 rings (SSSR count). The van der Waals surface area contributed by atoms with Gasteiger partial charge in [0.1, 0.15) is 10.8 Å². The minimum Gasteiger partial charge on any atom is -0.342 e. The summed E-state index contributed by atoms with van der Waals surface area (Å²) >= 11 is 12.6. The number of piperidine rings is 1. The Hall–Kier alpha value is -1.89. The van der Waals surface area contributed by atoms with Gasteiger partial charge in [-0.05, 0) is 44.1 Å². The summed E-state index contributed by atoms with van der Waals surface area (Å²) in [6, 6.07) is 2.20. The van der Waals surface area contributed by atoms with Gasteiger partial charge in [0.25, 0.3) is 0 Å². The molecule has 152 valence electrons. The molecule has 8 heteroatoms. The molecule has 1 spiro atoms. The fraction of sp³-hybridized carbons (Fsp3) is 0.476. The third kappa shape index (κ3) is 3.00. The molecular weight excluding hydrogens is 407 g/mol. The van der Waals surface area contributed by atoms with Crippen LogP contribution < -0.4 is 10.6 Å². The largest absolute Gasteiger partial charge is 0.342 e. The minimum atomic E-state index is 0.284. The van der Waals surface area contributed by atoms with E-state index < -0.39 is 0 Å². The van der Waals surface area contributed by atoms with Crippen molar-refractivity contribution in [3.63, 3.8) is 0 Å². The molecule has 0 aromatic carbocycles. The van der Waals surface area contributed by atoms with Crippen LogP contribution in [0.2, 0.25) is 10.2 Å². The van der Waals surface area contributed by atoms with Crippen molar-refractivity contribution in [2.75, 3.05) is 18.0 Å². The molecule has 1 saturated carbocycles. The summed E-state index contributed by atoms with van der Waals surface area (Å²) in [6.45, 7) is 3.93. The predicted octanol–water partition coefficient (Wildman–Crippen LogP) is 4.50. The Balaban J connectivity index is 1.54. The summed E-state index contributed by atoms with van der Waals surface area (Å²) < 4.78 is 2.06. The topological polar surface area (TPSA) is 72.3 Å². The highest BCUT2D eigenvalue weighted by atomic mass is 35.5. The normalized spacial score (nSPS) is 21.4. The molecule has 3 aromatic rings. The Labute approximate surface area is 180 Å². The Bertz CT molecular complexity index is 1070. The number of aromatic nitrogens is 4. The predicted molar refractivity (Wildman–Crippen MR) is 117 cm³/mol. The van der Waals surface area contributed by atoms with E-state index in [1.54, 1.807) is 12.4 Å². The number of hydrogen-bond donors (Lipinski definition) is 1. The second-order valence-corrected chi connectivity index (χ2v) is 9.04. The smallest absolute Gasteiger partial charge is 0.211 e. The molecule has 29 heavy (non-hydrogen) atoms. The van der Waals surface area contributed by atoms with Crippen LogP contribution in [0.3, 0.4) is 0 Å². The number of nitrogens with two attached hydrogens (primary N) is 1. The van der Waals surface area contributed by atoms with Gasteiger partial charge < -0.3 is 10.6 Å². The molecule has 1 atom stereocenters. The maximum atomic E-state index is 6.46. The summed E-state index contributed by atoms with van der Waals surface area (Å²) in [6.07, 6.45) is 11.3. The second-order valence-electron chi connectivity index (χ2n) is 8.30. The quantitative estimate of drug-likeness (QED) is 0.605. The van der Waals surface area contributed by atoms with E-state index in [9.17, 15) is 0 Å². The zero-order valence-corrected chi connectivity index (χ0v) is 17.9. The van der Waals surface area contributed by atoms with E-state index in [-0.39, 0.29) is 5.15 Å². The van der Waals surface area contributed by atoms with E-state index >= 15 is 0 Å². The summed E-state index contributed by atoms with van der Waals surface area (Å²) in [5.74, 6) is 0.927. The number of anilines is 1. The molecule has 0 bridgehead atoms. The summed E-state index contributed by atoms with van der Waals surface area (Å²) in [5, 5.41) is 0.707. The van der Waals surface area contributed by atoms with Crippen molar-refractivity contribution < 1.29 is 0 Å². The maximum absolute atomic E-state index is 6.46. The van der Waals surface area contributed by atoms with E-state index in [0.29, 0.717) is 16.5 Å². The van der Waals surface area contributed by atoms with Gasteiger partial charge in [0.2, 0.25) is 5.95 Å². The highest BCUT2D eigenvalue weighted by molar-refractivity contribution is 6.43. The van der Waals surface area contributed by atoms with Gasteiger partial charge in [-0.1, -0.05) is 29.6 Å². The monoisotopic (exact) mass is 430 g/mol. The van der Waals surface area contributed by atoms with Crippen molar-refractivity contribution in [2.24, 2.45) is 11.1 Å². The third-order valence-corrected chi connectivity index (χ3v) is 7.61. The van der Waals surface area contributed by atoms with Crippen molar-refractivity contribution in [3.8, 4) is 11.1 Å². The molecule has 1 aliphatic heterocycles. The third-order valence-electron chi connectivity index (χ3n) is 6.84. The number of halogens is 2. The lowest BCUT2D eigenvalue weighted by Gasteiger charge is -2.42. The van der Waals surface area contributed by atoms with E-state index in [4.69, 9.17) is 33.9 Å². The van der Waals surface area contributed by atoms with E-state index in [2.05, 4.69) is 19.3 Å². The first-order valence-electron chi connectivity index (χ1n) is 10.1. The molecule has 2 N–H and O–H groups in total. The van der Waals surface area contributed by atoms with Crippen LogP contribution in [0.5, 0.6) is 0 Å². The number of aryl methyl sites for hydroxylation is 1. The van der Waals surface area contributed by atoms with E-state index in [1.165, 1.54) is 12.8 Å². The van der Waals surface area contributed by atoms with Crippen molar-refractivity contribution in [1.29, 1.82) is 0 Å². The van der Waals surface area contributed by atoms with Crippen LogP contribution in [0.1, 0.15) is 37.8 Å². The number of fused-ring (bicyclic) bond motifs is 1. The van der Waals surface area contributed by atoms with Gasteiger partial charge in [0, 0.05) is 48.8 Å². The van der Waals surface area contributed by atoms with Crippen LogP contribution in [-0.4, -0.2) is 38.5 Å². The lowest BCUT2D eigenvalue weighted by molar-refractivity contribution is 0.197. The zero-order valence-electron chi connectivity index (χ0n) is 16.4. The van der Waals surface area contributed by atoms with Crippen LogP contribution in [-0.2, 0) is 0 Å². The average Bonchev–Trinajstić information content (AvgIpc) is 3.33. The highest BCUT2D eigenvalue weighted by Gasteiger charge is 2.43. The van der Waals surface area contributed by atoms with Crippen LogP contribution >= 0.6 is 23.2 Å². The average molecular weight is 431 g/mol. The molecule has 0 amide bonds. The molecule has 3 aromatic heterocycles. The Morgan fingerprint density at radius 1 is 1.14 bits per heavy atom. The van der Waals surface area contributed by atoms with Crippen LogP contribution in [0.25, 0.3) is 16.8 Å².